The molecule has 1 amide bonds. The number of benzene rings is 2. The second kappa shape index (κ2) is 11.2. The van der Waals surface area contributed by atoms with Crippen LogP contribution < -0.4 is 10.6 Å². The third-order valence-electron chi connectivity index (χ3n) is 5.14. The molecule has 176 valence electrons. The molecule has 0 saturated carbocycles. The maximum Gasteiger partial charge on any atom is 0.307 e. The molecule has 2 N–H and O–H groups in total. The van der Waals surface area contributed by atoms with E-state index in [2.05, 4.69) is 15.6 Å². The Hall–Kier alpha value is -3.98. The first kappa shape index (κ1) is 24.7. The summed E-state index contributed by atoms with van der Waals surface area (Å²) < 4.78 is 4.73. The summed E-state index contributed by atoms with van der Waals surface area (Å²) in [7, 11) is 1.24. The van der Waals surface area contributed by atoms with Crippen molar-refractivity contribution in [3.05, 3.63) is 98.8 Å². The molecule has 2 unspecified atom stereocenters. The van der Waals surface area contributed by atoms with E-state index in [9.17, 15) is 19.7 Å². The maximum absolute atomic E-state index is 13.0. The Kier molecular flexibility index (Phi) is 8.15. The minimum Gasteiger partial charge on any atom is -0.469 e. The molecule has 1 aromatic heterocycles. The highest BCUT2D eigenvalue weighted by molar-refractivity contribution is 6.31. The topological polar surface area (TPSA) is 123 Å². The van der Waals surface area contributed by atoms with Crippen molar-refractivity contribution in [2.45, 2.75) is 25.4 Å². The number of ether oxygens (including phenoxy) is 1. The lowest BCUT2D eigenvalue weighted by Crippen LogP contribution is -2.30. The van der Waals surface area contributed by atoms with Crippen LogP contribution in [0.25, 0.3) is 0 Å². The average Bonchev–Trinajstić information content (AvgIpc) is 2.84. The zero-order valence-corrected chi connectivity index (χ0v) is 19.3. The predicted octanol–water partition coefficient (Wildman–Crippen LogP) is 4.85. The highest BCUT2D eigenvalue weighted by atomic mass is 35.5. The van der Waals surface area contributed by atoms with Crippen LogP contribution in [0.1, 0.15) is 47.0 Å². The summed E-state index contributed by atoms with van der Waals surface area (Å²) in [5.41, 5.74) is 1.28. The van der Waals surface area contributed by atoms with E-state index < -0.39 is 22.8 Å². The van der Waals surface area contributed by atoms with E-state index in [-0.39, 0.29) is 29.4 Å². The number of methoxy groups -OCH3 is 1. The summed E-state index contributed by atoms with van der Waals surface area (Å²) in [5.74, 6) is -1.14. The number of carbonyl (C=O) groups excluding carboxylic acids is 2. The van der Waals surface area contributed by atoms with E-state index in [0.717, 1.165) is 0 Å². The van der Waals surface area contributed by atoms with Crippen molar-refractivity contribution in [2.24, 2.45) is 0 Å². The van der Waals surface area contributed by atoms with Crippen LogP contribution in [-0.2, 0) is 9.53 Å². The van der Waals surface area contributed by atoms with Gasteiger partial charge in [-0.2, -0.15) is 0 Å². The number of nitro groups is 1. The molecule has 0 saturated heterocycles. The minimum atomic E-state index is -0.783. The van der Waals surface area contributed by atoms with Crippen LogP contribution in [0.3, 0.4) is 0 Å². The van der Waals surface area contributed by atoms with Crippen LogP contribution in [0.15, 0.2) is 66.9 Å². The van der Waals surface area contributed by atoms with Crippen molar-refractivity contribution < 1.29 is 19.2 Å². The second-order valence-corrected chi connectivity index (χ2v) is 7.84. The number of rotatable bonds is 9. The molecule has 1 heterocycles. The Balaban J connectivity index is 1.85. The van der Waals surface area contributed by atoms with Crippen LogP contribution in [0.5, 0.6) is 0 Å². The quantitative estimate of drug-likeness (QED) is 0.254. The molecule has 0 aliphatic rings. The molecule has 3 aromatic rings. The molecule has 0 spiro atoms. The predicted molar refractivity (Wildman–Crippen MR) is 128 cm³/mol. The van der Waals surface area contributed by atoms with Gasteiger partial charge in [0.05, 0.1) is 36.2 Å². The third kappa shape index (κ3) is 6.08. The van der Waals surface area contributed by atoms with Gasteiger partial charge < -0.3 is 15.4 Å². The molecule has 0 aliphatic heterocycles. The van der Waals surface area contributed by atoms with Crippen molar-refractivity contribution in [1.29, 1.82) is 0 Å². The lowest BCUT2D eigenvalue weighted by atomic mass is 10.0. The number of anilines is 1. The first-order valence-electron chi connectivity index (χ1n) is 10.4. The number of hydrogen-bond acceptors (Lipinski definition) is 7. The molecule has 0 radical (unpaired) electrons. The van der Waals surface area contributed by atoms with Crippen LogP contribution in [0, 0.1) is 10.1 Å². The molecule has 2 aromatic carbocycles. The number of carbonyl (C=O) groups is 2. The fourth-order valence-corrected chi connectivity index (χ4v) is 3.64. The molecule has 0 fully saturated rings. The number of nitrogens with one attached hydrogen (secondary N) is 2. The maximum atomic E-state index is 13.0. The first-order chi connectivity index (χ1) is 16.3. The van der Waals surface area contributed by atoms with E-state index >= 15 is 0 Å². The van der Waals surface area contributed by atoms with Crippen LogP contribution in [0.2, 0.25) is 5.02 Å². The van der Waals surface area contributed by atoms with E-state index in [4.69, 9.17) is 16.3 Å². The van der Waals surface area contributed by atoms with Gasteiger partial charge in [0.2, 0.25) is 0 Å². The fraction of sp³-hybridized carbons (Fsp3) is 0.208. The van der Waals surface area contributed by atoms with E-state index in [1.807, 2.05) is 19.1 Å². The number of nitrogens with zero attached hydrogens (tertiary/aromatic N) is 2. The average molecular weight is 483 g/mol. The van der Waals surface area contributed by atoms with Gasteiger partial charge in [0, 0.05) is 22.8 Å². The highest BCUT2D eigenvalue weighted by Gasteiger charge is 2.24. The standard InChI is InChI=1S/C24H23ClN4O5/c1-15(19-9-5-6-12-26-19)27-20-11-10-16(13-22(20)29(32)33)24(31)28-21(14-23(30)34-2)17-7-3-4-8-18(17)25/h3-13,15,21,27H,14H2,1-2H3,(H,28,31). The van der Waals surface area contributed by atoms with Gasteiger partial charge in [0.1, 0.15) is 5.69 Å². The summed E-state index contributed by atoms with van der Waals surface area (Å²) in [6, 6.07) is 15.2. The van der Waals surface area contributed by atoms with Gasteiger partial charge >= 0.3 is 5.97 Å². The molecular weight excluding hydrogens is 460 g/mol. The van der Waals surface area contributed by atoms with Gasteiger partial charge in [-0.3, -0.25) is 24.7 Å². The van der Waals surface area contributed by atoms with Crippen LogP contribution in [-0.4, -0.2) is 28.9 Å². The third-order valence-corrected chi connectivity index (χ3v) is 5.49. The van der Waals surface area contributed by atoms with Crippen molar-refractivity contribution >= 4 is 34.9 Å². The molecule has 34 heavy (non-hydrogen) atoms. The van der Waals surface area contributed by atoms with Crippen LogP contribution >= 0.6 is 11.6 Å². The summed E-state index contributed by atoms with van der Waals surface area (Å²) >= 11 is 6.26. The van der Waals surface area contributed by atoms with Crippen molar-refractivity contribution in [1.82, 2.24) is 10.3 Å². The molecular formula is C24H23ClN4O5. The smallest absolute Gasteiger partial charge is 0.307 e. The van der Waals surface area contributed by atoms with Gasteiger partial charge in [0.15, 0.2) is 0 Å². The second-order valence-electron chi connectivity index (χ2n) is 7.44. The van der Waals surface area contributed by atoms with E-state index in [0.29, 0.717) is 16.3 Å². The molecule has 0 bridgehead atoms. The zero-order valence-electron chi connectivity index (χ0n) is 18.5. The Morgan fingerprint density at radius 3 is 2.53 bits per heavy atom. The fourth-order valence-electron chi connectivity index (χ4n) is 3.37. The van der Waals surface area contributed by atoms with Crippen molar-refractivity contribution in [3.8, 4) is 0 Å². The van der Waals surface area contributed by atoms with Gasteiger partial charge in [-0.25, -0.2) is 0 Å². The Labute approximate surface area is 201 Å². The van der Waals surface area contributed by atoms with Crippen molar-refractivity contribution in [2.75, 3.05) is 12.4 Å². The Morgan fingerprint density at radius 2 is 1.88 bits per heavy atom. The first-order valence-corrected chi connectivity index (χ1v) is 10.8. The summed E-state index contributed by atoms with van der Waals surface area (Å²) in [6.45, 7) is 1.83. The molecule has 2 atom stereocenters. The number of nitro benzene ring substituents is 1. The molecule has 9 nitrogen and oxygen atoms in total. The zero-order chi connectivity index (χ0) is 24.7. The Morgan fingerprint density at radius 1 is 1.15 bits per heavy atom. The minimum absolute atomic E-state index is 0.0599. The summed E-state index contributed by atoms with van der Waals surface area (Å²) in [5, 5.41) is 17.9. The lowest BCUT2D eigenvalue weighted by Gasteiger charge is -2.20. The van der Waals surface area contributed by atoms with Gasteiger partial charge in [-0.05, 0) is 42.8 Å². The normalized spacial score (nSPS) is 12.3. The van der Waals surface area contributed by atoms with Gasteiger partial charge in [-0.1, -0.05) is 35.9 Å². The summed E-state index contributed by atoms with van der Waals surface area (Å²) in [6.07, 6.45) is 1.48. The van der Waals surface area contributed by atoms with Gasteiger partial charge in [0.25, 0.3) is 11.6 Å². The number of halogens is 1. The Bertz CT molecular complexity index is 1190. The SMILES string of the molecule is COC(=O)CC(NC(=O)c1ccc(NC(C)c2ccccn2)c([N+](=O)[O-])c1)c1ccccc1Cl. The number of pyridine rings is 1. The van der Waals surface area contributed by atoms with Gasteiger partial charge in [-0.15, -0.1) is 0 Å². The van der Waals surface area contributed by atoms with E-state index in [1.165, 1.54) is 25.3 Å². The number of esters is 1. The molecule has 0 aliphatic carbocycles. The highest BCUT2D eigenvalue weighted by Crippen LogP contribution is 2.30. The number of aromatic nitrogens is 1. The monoisotopic (exact) mass is 482 g/mol. The summed E-state index contributed by atoms with van der Waals surface area (Å²) in [4.78, 5) is 40.3. The molecule has 3 rings (SSSR count). The van der Waals surface area contributed by atoms with E-state index in [1.54, 1.807) is 36.5 Å². The molecule has 10 heteroatoms. The van der Waals surface area contributed by atoms with Crippen LogP contribution in [0.4, 0.5) is 11.4 Å². The lowest BCUT2D eigenvalue weighted by molar-refractivity contribution is -0.384. The van der Waals surface area contributed by atoms with Crippen molar-refractivity contribution in [3.63, 3.8) is 0 Å². The number of hydrogen-bond donors (Lipinski definition) is 2. The largest absolute Gasteiger partial charge is 0.469 e. The number of amides is 1.